The molecule has 0 radical (unpaired) electrons. The molecule has 1 aliphatic heterocycles. The Balaban J connectivity index is 1.78. The Morgan fingerprint density at radius 3 is 2.76 bits per heavy atom. The van der Waals surface area contributed by atoms with Gasteiger partial charge in [0.2, 0.25) is 5.43 Å². The van der Waals surface area contributed by atoms with Gasteiger partial charge in [-0.3, -0.25) is 14.3 Å². The van der Waals surface area contributed by atoms with Gasteiger partial charge in [-0.1, -0.05) is 6.42 Å². The molecule has 3 rings (SSSR count). The Morgan fingerprint density at radius 2 is 2.04 bits per heavy atom. The number of aromatic nitrogens is 2. The lowest BCUT2D eigenvalue weighted by molar-refractivity contribution is 0.0938. The van der Waals surface area contributed by atoms with Gasteiger partial charge in [-0.05, 0) is 51.1 Å². The highest BCUT2D eigenvalue weighted by Crippen LogP contribution is 2.12. The van der Waals surface area contributed by atoms with Crippen molar-refractivity contribution in [2.24, 2.45) is 0 Å². The summed E-state index contributed by atoms with van der Waals surface area (Å²) in [6, 6.07) is 3.96. The van der Waals surface area contributed by atoms with Crippen molar-refractivity contribution in [3.05, 3.63) is 39.9 Å². The summed E-state index contributed by atoms with van der Waals surface area (Å²) in [7, 11) is 0. The second-order valence-electron chi connectivity index (χ2n) is 6.31. The average Bonchev–Trinajstić information content (AvgIpc) is 2.63. The van der Waals surface area contributed by atoms with Gasteiger partial charge in [0.05, 0.1) is 10.9 Å². The summed E-state index contributed by atoms with van der Waals surface area (Å²) < 4.78 is 15.1. The molecular formula is C18H23FN4O2. The Kier molecular flexibility index (Phi) is 5.43. The first-order valence-corrected chi connectivity index (χ1v) is 8.81. The smallest absolute Gasteiger partial charge is 0.275 e. The maximum atomic E-state index is 13.5. The van der Waals surface area contributed by atoms with E-state index in [0.29, 0.717) is 18.6 Å². The highest BCUT2D eigenvalue weighted by atomic mass is 19.1. The quantitative estimate of drug-likeness (QED) is 0.896. The lowest BCUT2D eigenvalue weighted by atomic mass is 10.1. The number of hydrogen-bond donors (Lipinski definition) is 1. The third kappa shape index (κ3) is 3.87. The van der Waals surface area contributed by atoms with Crippen molar-refractivity contribution in [2.45, 2.75) is 32.7 Å². The predicted molar refractivity (Wildman–Crippen MR) is 94.3 cm³/mol. The van der Waals surface area contributed by atoms with Gasteiger partial charge >= 0.3 is 0 Å². The first kappa shape index (κ1) is 17.5. The summed E-state index contributed by atoms with van der Waals surface area (Å²) in [6.45, 7) is 5.66. The monoisotopic (exact) mass is 346 g/mol. The molecule has 1 saturated heterocycles. The molecule has 7 heteroatoms. The largest absolute Gasteiger partial charge is 0.349 e. The van der Waals surface area contributed by atoms with Gasteiger partial charge in [0.25, 0.3) is 5.91 Å². The number of hydrogen-bond acceptors (Lipinski definition) is 4. The summed E-state index contributed by atoms with van der Waals surface area (Å²) in [5.74, 6) is -1.01. The van der Waals surface area contributed by atoms with Crippen LogP contribution in [-0.4, -0.2) is 46.8 Å². The molecule has 134 valence electrons. The molecule has 0 spiro atoms. The number of nitrogens with one attached hydrogen (secondary N) is 1. The molecule has 6 nitrogen and oxygen atoms in total. The van der Waals surface area contributed by atoms with E-state index in [1.165, 1.54) is 31.4 Å². The number of aryl methyl sites for hydroxylation is 1. The van der Waals surface area contributed by atoms with Gasteiger partial charge in [0.15, 0.2) is 5.69 Å². The van der Waals surface area contributed by atoms with Crippen LogP contribution in [0.15, 0.2) is 23.0 Å². The number of fused-ring (bicyclic) bond motifs is 1. The lowest BCUT2D eigenvalue weighted by Crippen LogP contribution is -2.39. The number of halogens is 1. The van der Waals surface area contributed by atoms with Gasteiger partial charge in [-0.25, -0.2) is 4.39 Å². The zero-order chi connectivity index (χ0) is 17.8. The van der Waals surface area contributed by atoms with E-state index in [4.69, 9.17) is 0 Å². The normalized spacial score (nSPS) is 15.4. The molecule has 0 unspecified atom stereocenters. The van der Waals surface area contributed by atoms with E-state index < -0.39 is 17.2 Å². The van der Waals surface area contributed by atoms with E-state index in [1.807, 2.05) is 6.92 Å². The summed E-state index contributed by atoms with van der Waals surface area (Å²) in [6.07, 6.45) is 3.64. The molecule has 2 heterocycles. The van der Waals surface area contributed by atoms with E-state index in [2.05, 4.69) is 15.3 Å². The first-order chi connectivity index (χ1) is 12.1. The Hall–Kier alpha value is -2.28. The standard InChI is InChI=1S/C18H23FN4O2/c1-2-23-15-7-6-13(19)12-14(15)17(24)16(21-23)18(25)20-8-11-22-9-4-3-5-10-22/h6-7,12H,2-5,8-11H2,1H3,(H,20,25). The van der Waals surface area contributed by atoms with Crippen LogP contribution in [0.25, 0.3) is 10.9 Å². The summed E-state index contributed by atoms with van der Waals surface area (Å²) in [5, 5.41) is 7.12. The maximum Gasteiger partial charge on any atom is 0.275 e. The average molecular weight is 346 g/mol. The van der Waals surface area contributed by atoms with Crippen LogP contribution >= 0.6 is 0 Å². The van der Waals surface area contributed by atoms with Crippen LogP contribution in [-0.2, 0) is 6.54 Å². The van der Waals surface area contributed by atoms with Gasteiger partial charge in [-0.2, -0.15) is 5.10 Å². The van der Waals surface area contributed by atoms with Crippen LogP contribution < -0.4 is 10.7 Å². The number of carbonyl (C=O) groups excluding carboxylic acids is 1. The molecule has 1 N–H and O–H groups in total. The van der Waals surface area contributed by atoms with Crippen LogP contribution in [0.5, 0.6) is 0 Å². The molecule has 2 aromatic rings. The number of piperidine rings is 1. The van der Waals surface area contributed by atoms with E-state index >= 15 is 0 Å². The molecule has 0 saturated carbocycles. The highest BCUT2D eigenvalue weighted by molar-refractivity contribution is 5.95. The minimum Gasteiger partial charge on any atom is -0.349 e. The Bertz CT molecular complexity index is 828. The number of carbonyl (C=O) groups is 1. The molecular weight excluding hydrogens is 323 g/mol. The first-order valence-electron chi connectivity index (χ1n) is 8.81. The SMILES string of the molecule is CCn1nc(C(=O)NCCN2CCCCC2)c(=O)c2cc(F)ccc21. The predicted octanol–water partition coefficient (Wildman–Crippen LogP) is 1.77. The Labute approximate surface area is 145 Å². The van der Waals surface area contributed by atoms with Crippen LogP contribution in [0.2, 0.25) is 0 Å². The summed E-state index contributed by atoms with van der Waals surface area (Å²) >= 11 is 0. The van der Waals surface area contributed by atoms with Gasteiger partial charge < -0.3 is 10.2 Å². The number of likely N-dealkylation sites (tertiary alicyclic amines) is 1. The van der Waals surface area contributed by atoms with Crippen molar-refractivity contribution in [1.29, 1.82) is 0 Å². The molecule has 0 aliphatic carbocycles. The van der Waals surface area contributed by atoms with Crippen LogP contribution in [0, 0.1) is 5.82 Å². The van der Waals surface area contributed by atoms with Crippen molar-refractivity contribution < 1.29 is 9.18 Å². The van der Waals surface area contributed by atoms with E-state index in [-0.39, 0.29) is 11.1 Å². The third-order valence-electron chi connectivity index (χ3n) is 4.59. The molecule has 1 amide bonds. The molecule has 0 atom stereocenters. The van der Waals surface area contributed by atoms with Gasteiger partial charge in [0, 0.05) is 19.6 Å². The van der Waals surface area contributed by atoms with Crippen molar-refractivity contribution in [1.82, 2.24) is 20.0 Å². The van der Waals surface area contributed by atoms with E-state index in [9.17, 15) is 14.0 Å². The molecule has 0 bridgehead atoms. The second kappa shape index (κ2) is 7.74. The van der Waals surface area contributed by atoms with Gasteiger partial charge in [0.1, 0.15) is 5.82 Å². The fraction of sp³-hybridized carbons (Fsp3) is 0.500. The van der Waals surface area contributed by atoms with Crippen molar-refractivity contribution in [3.63, 3.8) is 0 Å². The zero-order valence-electron chi connectivity index (χ0n) is 14.4. The van der Waals surface area contributed by atoms with Crippen LogP contribution in [0.1, 0.15) is 36.7 Å². The number of rotatable bonds is 5. The number of nitrogens with zero attached hydrogens (tertiary/aromatic N) is 3. The van der Waals surface area contributed by atoms with Gasteiger partial charge in [-0.15, -0.1) is 0 Å². The van der Waals surface area contributed by atoms with Crippen molar-refractivity contribution in [2.75, 3.05) is 26.2 Å². The topological polar surface area (TPSA) is 67.2 Å². The second-order valence-corrected chi connectivity index (χ2v) is 6.31. The summed E-state index contributed by atoms with van der Waals surface area (Å²) in [4.78, 5) is 27.2. The molecule has 1 aromatic heterocycles. The molecule has 1 aromatic carbocycles. The Morgan fingerprint density at radius 1 is 1.28 bits per heavy atom. The van der Waals surface area contributed by atoms with Crippen molar-refractivity contribution in [3.8, 4) is 0 Å². The molecule has 1 aliphatic rings. The fourth-order valence-electron chi connectivity index (χ4n) is 3.25. The van der Waals surface area contributed by atoms with Crippen LogP contribution in [0.3, 0.4) is 0 Å². The highest BCUT2D eigenvalue weighted by Gasteiger charge is 2.18. The number of amides is 1. The fourth-order valence-corrected chi connectivity index (χ4v) is 3.25. The minimum absolute atomic E-state index is 0.179. The molecule has 25 heavy (non-hydrogen) atoms. The third-order valence-corrected chi connectivity index (χ3v) is 4.59. The zero-order valence-corrected chi connectivity index (χ0v) is 14.4. The van der Waals surface area contributed by atoms with E-state index in [1.54, 1.807) is 4.68 Å². The lowest BCUT2D eigenvalue weighted by Gasteiger charge is -2.26. The van der Waals surface area contributed by atoms with Crippen LogP contribution in [0.4, 0.5) is 4.39 Å². The van der Waals surface area contributed by atoms with E-state index in [0.717, 1.165) is 25.7 Å². The summed E-state index contributed by atoms with van der Waals surface area (Å²) in [5.41, 5.74) is -0.188. The molecule has 1 fully saturated rings. The maximum absolute atomic E-state index is 13.5. The minimum atomic E-state index is -0.533. The number of benzene rings is 1. The van der Waals surface area contributed by atoms with Crippen molar-refractivity contribution >= 4 is 16.8 Å².